The highest BCUT2D eigenvalue weighted by atomic mass is 16.7. The van der Waals surface area contributed by atoms with Crippen molar-refractivity contribution in [2.75, 3.05) is 27.1 Å². The van der Waals surface area contributed by atoms with Crippen LogP contribution in [0.1, 0.15) is 60.0 Å². The number of hydrogen-bond donors (Lipinski definition) is 0. The third-order valence-electron chi connectivity index (χ3n) is 7.67. The second-order valence-electron chi connectivity index (χ2n) is 10.1. The van der Waals surface area contributed by atoms with Crippen molar-refractivity contribution in [2.45, 2.75) is 43.9 Å². The molecule has 4 bridgehead atoms. The summed E-state index contributed by atoms with van der Waals surface area (Å²) in [4.78, 5) is 12.2. The Labute approximate surface area is 201 Å². The van der Waals surface area contributed by atoms with Crippen LogP contribution in [0.15, 0.2) is 48.5 Å². The van der Waals surface area contributed by atoms with E-state index in [1.54, 1.807) is 31.4 Å². The fraction of sp³-hybridized carbons (Fsp3) is 0.483. The van der Waals surface area contributed by atoms with E-state index in [0.717, 1.165) is 29.1 Å². The van der Waals surface area contributed by atoms with Crippen molar-refractivity contribution in [1.29, 1.82) is 0 Å². The second-order valence-corrected chi connectivity index (χ2v) is 10.1. The number of carbonyl (C=O) groups is 1. The smallest absolute Gasteiger partial charge is 0.352 e. The van der Waals surface area contributed by atoms with Crippen LogP contribution in [-0.2, 0) is 19.6 Å². The van der Waals surface area contributed by atoms with Crippen LogP contribution >= 0.6 is 0 Å². The van der Waals surface area contributed by atoms with E-state index < -0.39 is 5.97 Å². The number of rotatable bonds is 8. The summed E-state index contributed by atoms with van der Waals surface area (Å²) in [7, 11) is 1.66. The summed E-state index contributed by atoms with van der Waals surface area (Å²) in [5, 5.41) is 0. The predicted octanol–water partition coefficient (Wildman–Crippen LogP) is 5.32. The van der Waals surface area contributed by atoms with E-state index in [1.807, 2.05) is 18.2 Å². The van der Waals surface area contributed by atoms with Crippen molar-refractivity contribution >= 4 is 5.97 Å². The molecule has 0 spiro atoms. The summed E-state index contributed by atoms with van der Waals surface area (Å²) >= 11 is 0. The van der Waals surface area contributed by atoms with E-state index in [4.69, 9.17) is 18.9 Å². The van der Waals surface area contributed by atoms with Crippen LogP contribution in [0.4, 0.5) is 0 Å². The molecule has 5 heteroatoms. The van der Waals surface area contributed by atoms with Gasteiger partial charge in [-0.2, -0.15) is 0 Å². The van der Waals surface area contributed by atoms with E-state index >= 15 is 0 Å². The second kappa shape index (κ2) is 10.2. The first-order valence-electron chi connectivity index (χ1n) is 12.3. The zero-order chi connectivity index (χ0) is 23.4. The number of carbonyl (C=O) groups excluding carboxylic acids is 1. The third-order valence-corrected chi connectivity index (χ3v) is 7.67. The third kappa shape index (κ3) is 4.99. The monoisotopic (exact) mass is 460 g/mol. The minimum Gasteiger partial charge on any atom is -0.467 e. The van der Waals surface area contributed by atoms with Crippen LogP contribution in [0, 0.1) is 29.8 Å². The minimum atomic E-state index is -0.442. The maximum Gasteiger partial charge on any atom is 0.352 e. The fourth-order valence-electron chi connectivity index (χ4n) is 6.66. The summed E-state index contributed by atoms with van der Waals surface area (Å²) in [5.74, 6) is 5.93. The standard InChI is InChI=1S/C29H32O5/c1-31-11-12-32-20-34-27-8-7-21(9-10-33-28(30)25-5-3-2-4-6-25)16-26(27)29-17-22-13-23(18-29)15-24(14-22)19-29/h2-8,16,22-24H,11-15,17-20H2,1H3. The minimum absolute atomic E-state index is 0.148. The molecule has 0 saturated heterocycles. The summed E-state index contributed by atoms with van der Waals surface area (Å²) in [5.41, 5.74) is 2.71. The molecule has 0 amide bonds. The number of ether oxygens (including phenoxy) is 4. The lowest BCUT2D eigenvalue weighted by Crippen LogP contribution is -2.48. The van der Waals surface area contributed by atoms with Crippen LogP contribution in [0.25, 0.3) is 0 Å². The lowest BCUT2D eigenvalue weighted by Gasteiger charge is -2.57. The molecule has 0 N–H and O–H groups in total. The van der Waals surface area contributed by atoms with Gasteiger partial charge in [-0.25, -0.2) is 4.79 Å². The molecule has 0 radical (unpaired) electrons. The quantitative estimate of drug-likeness (QED) is 0.231. The lowest BCUT2D eigenvalue weighted by molar-refractivity contribution is -0.0189. The Morgan fingerprint density at radius 1 is 0.971 bits per heavy atom. The van der Waals surface area contributed by atoms with Crippen molar-refractivity contribution in [3.63, 3.8) is 0 Å². The molecule has 2 aromatic carbocycles. The Hall–Kier alpha value is -2.81. The van der Waals surface area contributed by atoms with E-state index in [1.165, 1.54) is 44.1 Å². The van der Waals surface area contributed by atoms with Crippen LogP contribution < -0.4 is 4.74 Å². The normalized spacial score (nSPS) is 26.6. The van der Waals surface area contributed by atoms with Crippen LogP contribution in [0.3, 0.4) is 0 Å². The van der Waals surface area contributed by atoms with Gasteiger partial charge in [-0.1, -0.05) is 18.2 Å². The van der Waals surface area contributed by atoms with E-state index in [-0.39, 0.29) is 12.2 Å². The molecule has 4 aliphatic rings. The summed E-state index contributed by atoms with van der Waals surface area (Å²) in [6.07, 6.45) is 10.4. The molecule has 4 fully saturated rings. The Bertz CT molecular complexity index is 1030. The molecule has 0 atom stereocenters. The van der Waals surface area contributed by atoms with Gasteiger partial charge in [0.1, 0.15) is 11.9 Å². The zero-order valence-electron chi connectivity index (χ0n) is 19.8. The average molecular weight is 461 g/mol. The molecule has 6 rings (SSSR count). The number of benzene rings is 2. The molecule has 178 valence electrons. The Kier molecular flexibility index (Phi) is 6.89. The largest absolute Gasteiger partial charge is 0.467 e. The molecule has 0 unspecified atom stereocenters. The van der Waals surface area contributed by atoms with Gasteiger partial charge in [-0.05, 0) is 97.9 Å². The van der Waals surface area contributed by atoms with Crippen LogP contribution in [-0.4, -0.2) is 33.1 Å². The van der Waals surface area contributed by atoms with Gasteiger partial charge in [-0.3, -0.25) is 0 Å². The van der Waals surface area contributed by atoms with Gasteiger partial charge < -0.3 is 18.9 Å². The zero-order valence-corrected chi connectivity index (χ0v) is 19.8. The van der Waals surface area contributed by atoms with E-state index in [9.17, 15) is 4.79 Å². The van der Waals surface area contributed by atoms with Gasteiger partial charge >= 0.3 is 5.97 Å². The maximum absolute atomic E-state index is 12.2. The van der Waals surface area contributed by atoms with E-state index in [0.29, 0.717) is 18.8 Å². The molecular formula is C29H32O5. The first-order chi connectivity index (χ1) is 16.6. The molecule has 0 heterocycles. The molecule has 5 nitrogen and oxygen atoms in total. The number of hydrogen-bond acceptors (Lipinski definition) is 5. The molecule has 0 aliphatic heterocycles. The summed E-state index contributed by atoms with van der Waals surface area (Å²) in [6.45, 7) is 1.24. The highest BCUT2D eigenvalue weighted by Gasteiger charge is 2.52. The molecular weight excluding hydrogens is 428 g/mol. The van der Waals surface area contributed by atoms with Crippen LogP contribution in [0.2, 0.25) is 0 Å². The van der Waals surface area contributed by atoms with Crippen LogP contribution in [0.5, 0.6) is 5.75 Å². The Morgan fingerprint density at radius 2 is 1.68 bits per heavy atom. The number of esters is 1. The number of methoxy groups -OCH3 is 1. The van der Waals surface area contributed by atoms with Crippen molar-refractivity contribution in [1.82, 2.24) is 0 Å². The molecule has 2 aromatic rings. The predicted molar refractivity (Wildman–Crippen MR) is 128 cm³/mol. The van der Waals surface area contributed by atoms with Crippen molar-refractivity contribution in [2.24, 2.45) is 17.8 Å². The molecule has 34 heavy (non-hydrogen) atoms. The highest BCUT2D eigenvalue weighted by molar-refractivity contribution is 5.90. The average Bonchev–Trinajstić information content (AvgIpc) is 2.84. The molecule has 4 saturated carbocycles. The van der Waals surface area contributed by atoms with Gasteiger partial charge in [-0.15, -0.1) is 0 Å². The van der Waals surface area contributed by atoms with Crippen molar-refractivity contribution < 1.29 is 23.7 Å². The van der Waals surface area contributed by atoms with Gasteiger partial charge in [0.05, 0.1) is 18.8 Å². The van der Waals surface area contributed by atoms with Gasteiger partial charge in [0.2, 0.25) is 0 Å². The Balaban J connectivity index is 1.37. The van der Waals surface area contributed by atoms with Gasteiger partial charge in [0, 0.05) is 18.2 Å². The van der Waals surface area contributed by atoms with E-state index in [2.05, 4.69) is 18.1 Å². The Morgan fingerprint density at radius 3 is 2.35 bits per heavy atom. The molecule has 4 aliphatic carbocycles. The first-order valence-corrected chi connectivity index (χ1v) is 12.3. The summed E-state index contributed by atoms with van der Waals surface area (Å²) < 4.78 is 21.9. The first kappa shape index (κ1) is 23.0. The highest BCUT2D eigenvalue weighted by Crippen LogP contribution is 2.61. The van der Waals surface area contributed by atoms with Crippen molar-refractivity contribution in [3.05, 3.63) is 65.2 Å². The maximum atomic E-state index is 12.2. The fourth-order valence-corrected chi connectivity index (χ4v) is 6.66. The van der Waals surface area contributed by atoms with Gasteiger partial charge in [0.15, 0.2) is 6.79 Å². The summed E-state index contributed by atoms with van der Waals surface area (Å²) in [6, 6.07) is 15.0. The van der Waals surface area contributed by atoms with Gasteiger partial charge in [0.25, 0.3) is 0 Å². The lowest BCUT2D eigenvalue weighted by atomic mass is 9.48. The van der Waals surface area contributed by atoms with Crippen molar-refractivity contribution in [3.8, 4) is 17.8 Å². The topological polar surface area (TPSA) is 54.0 Å². The SMILES string of the molecule is COCCOCOc1ccc(C#COC(=O)c2ccccc2)cc1C12CC3CC(CC(C3)C1)C2. The molecule has 0 aromatic heterocycles.